The SMILES string of the molecule is CCN(CC)C(=O)CN1CCN(S(=O)(=O)c2ccccc2Br)CC1. The molecule has 0 radical (unpaired) electrons. The molecule has 134 valence electrons. The Kier molecular flexibility index (Phi) is 6.79. The van der Waals surface area contributed by atoms with Gasteiger partial charge in [0.05, 0.1) is 11.4 Å². The monoisotopic (exact) mass is 417 g/mol. The van der Waals surface area contributed by atoms with Gasteiger partial charge in [0.1, 0.15) is 0 Å². The van der Waals surface area contributed by atoms with E-state index >= 15 is 0 Å². The van der Waals surface area contributed by atoms with Crippen molar-refractivity contribution in [2.24, 2.45) is 0 Å². The molecule has 0 aliphatic carbocycles. The number of sulfonamides is 1. The minimum absolute atomic E-state index is 0.0992. The number of hydrogen-bond donors (Lipinski definition) is 0. The Morgan fingerprint density at radius 2 is 1.71 bits per heavy atom. The molecule has 1 fully saturated rings. The van der Waals surface area contributed by atoms with Gasteiger partial charge in [-0.1, -0.05) is 12.1 Å². The summed E-state index contributed by atoms with van der Waals surface area (Å²) in [4.78, 5) is 16.3. The molecule has 0 spiro atoms. The summed E-state index contributed by atoms with van der Waals surface area (Å²) in [6.07, 6.45) is 0. The molecule has 0 N–H and O–H groups in total. The zero-order valence-electron chi connectivity index (χ0n) is 14.1. The number of halogens is 1. The van der Waals surface area contributed by atoms with Crippen molar-refractivity contribution >= 4 is 31.9 Å². The molecule has 1 heterocycles. The summed E-state index contributed by atoms with van der Waals surface area (Å²) in [7, 11) is -3.51. The van der Waals surface area contributed by atoms with Gasteiger partial charge in [-0.2, -0.15) is 4.31 Å². The van der Waals surface area contributed by atoms with E-state index in [2.05, 4.69) is 15.9 Å². The first kappa shape index (κ1) is 19.4. The molecule has 1 aromatic rings. The Bertz CT molecular complexity index is 669. The van der Waals surface area contributed by atoms with Gasteiger partial charge in [-0.05, 0) is 41.9 Å². The molecule has 1 amide bonds. The van der Waals surface area contributed by atoms with Gasteiger partial charge in [-0.15, -0.1) is 0 Å². The van der Waals surface area contributed by atoms with Crippen LogP contribution in [0.3, 0.4) is 0 Å². The molecule has 0 atom stereocenters. The predicted octanol–water partition coefficient (Wildman–Crippen LogP) is 1.62. The fraction of sp³-hybridized carbons (Fsp3) is 0.562. The van der Waals surface area contributed by atoms with Crippen molar-refractivity contribution in [3.8, 4) is 0 Å². The number of carbonyl (C=O) groups excluding carboxylic acids is 1. The van der Waals surface area contributed by atoms with Crippen LogP contribution in [0.4, 0.5) is 0 Å². The summed E-state index contributed by atoms with van der Waals surface area (Å²) in [5, 5.41) is 0. The van der Waals surface area contributed by atoms with Crippen molar-refractivity contribution in [2.75, 3.05) is 45.8 Å². The first-order valence-electron chi connectivity index (χ1n) is 8.15. The summed E-state index contributed by atoms with van der Waals surface area (Å²) in [6, 6.07) is 6.85. The quantitative estimate of drug-likeness (QED) is 0.705. The van der Waals surface area contributed by atoms with Crippen molar-refractivity contribution in [1.82, 2.24) is 14.1 Å². The average Bonchev–Trinajstić information content (AvgIpc) is 2.56. The molecule has 6 nitrogen and oxygen atoms in total. The second-order valence-electron chi connectivity index (χ2n) is 5.68. The molecule has 0 unspecified atom stereocenters. The van der Waals surface area contributed by atoms with Crippen molar-refractivity contribution in [3.05, 3.63) is 28.7 Å². The van der Waals surface area contributed by atoms with Crippen LogP contribution in [-0.2, 0) is 14.8 Å². The Morgan fingerprint density at radius 3 is 2.25 bits per heavy atom. The molecule has 0 aromatic heterocycles. The van der Waals surface area contributed by atoms with Crippen LogP contribution in [0.1, 0.15) is 13.8 Å². The van der Waals surface area contributed by atoms with Gasteiger partial charge >= 0.3 is 0 Å². The number of amides is 1. The van der Waals surface area contributed by atoms with Crippen LogP contribution in [0.15, 0.2) is 33.6 Å². The minimum Gasteiger partial charge on any atom is -0.342 e. The van der Waals surface area contributed by atoms with Crippen LogP contribution >= 0.6 is 15.9 Å². The molecule has 1 aliphatic rings. The lowest BCUT2D eigenvalue weighted by atomic mass is 10.3. The Morgan fingerprint density at radius 1 is 1.12 bits per heavy atom. The first-order valence-corrected chi connectivity index (χ1v) is 10.4. The van der Waals surface area contributed by atoms with E-state index in [1.807, 2.05) is 18.7 Å². The van der Waals surface area contributed by atoms with Gasteiger partial charge in [0.15, 0.2) is 0 Å². The molecular formula is C16H24BrN3O3S. The smallest absolute Gasteiger partial charge is 0.244 e. The normalized spacial score (nSPS) is 17.0. The summed E-state index contributed by atoms with van der Waals surface area (Å²) in [6.45, 7) is 7.60. The maximum absolute atomic E-state index is 12.7. The Hall–Kier alpha value is -0.960. The highest BCUT2D eigenvalue weighted by molar-refractivity contribution is 9.10. The van der Waals surface area contributed by atoms with Crippen LogP contribution in [0.2, 0.25) is 0 Å². The van der Waals surface area contributed by atoms with Crippen molar-refractivity contribution in [3.63, 3.8) is 0 Å². The lowest BCUT2D eigenvalue weighted by Crippen LogP contribution is -2.51. The molecular weight excluding hydrogens is 394 g/mol. The highest BCUT2D eigenvalue weighted by Crippen LogP contribution is 2.25. The summed E-state index contributed by atoms with van der Waals surface area (Å²) in [5.41, 5.74) is 0. The molecule has 2 rings (SSSR count). The highest BCUT2D eigenvalue weighted by Gasteiger charge is 2.30. The summed E-state index contributed by atoms with van der Waals surface area (Å²) >= 11 is 3.31. The zero-order valence-corrected chi connectivity index (χ0v) is 16.5. The number of piperazine rings is 1. The van der Waals surface area contributed by atoms with Crippen LogP contribution in [-0.4, -0.2) is 74.2 Å². The number of nitrogens with zero attached hydrogens (tertiary/aromatic N) is 3. The van der Waals surface area contributed by atoms with Gasteiger partial charge in [-0.3, -0.25) is 9.69 Å². The average molecular weight is 418 g/mol. The highest BCUT2D eigenvalue weighted by atomic mass is 79.9. The van der Waals surface area contributed by atoms with E-state index in [0.717, 1.165) is 0 Å². The number of benzene rings is 1. The fourth-order valence-corrected chi connectivity index (χ4v) is 5.17. The number of carbonyl (C=O) groups is 1. The maximum Gasteiger partial charge on any atom is 0.244 e. The molecule has 8 heteroatoms. The third-order valence-electron chi connectivity index (χ3n) is 4.26. The van der Waals surface area contributed by atoms with E-state index < -0.39 is 10.0 Å². The zero-order chi connectivity index (χ0) is 17.7. The third kappa shape index (κ3) is 4.36. The van der Waals surface area contributed by atoms with Crippen LogP contribution in [0.5, 0.6) is 0 Å². The lowest BCUT2D eigenvalue weighted by molar-refractivity contribution is -0.132. The Labute approximate surface area is 152 Å². The number of likely N-dealkylation sites (N-methyl/N-ethyl adjacent to an activating group) is 1. The number of rotatable bonds is 6. The number of hydrogen-bond acceptors (Lipinski definition) is 4. The predicted molar refractivity (Wildman–Crippen MR) is 97.3 cm³/mol. The van der Waals surface area contributed by atoms with Crippen LogP contribution in [0.25, 0.3) is 0 Å². The Balaban J connectivity index is 1.98. The van der Waals surface area contributed by atoms with Gasteiger partial charge in [-0.25, -0.2) is 8.42 Å². The molecule has 1 saturated heterocycles. The molecule has 1 aliphatic heterocycles. The van der Waals surface area contributed by atoms with Gasteiger partial charge in [0, 0.05) is 43.7 Å². The first-order chi connectivity index (χ1) is 11.4. The van der Waals surface area contributed by atoms with E-state index in [0.29, 0.717) is 50.3 Å². The molecule has 1 aromatic carbocycles. The fourth-order valence-electron chi connectivity index (χ4n) is 2.79. The molecule has 24 heavy (non-hydrogen) atoms. The minimum atomic E-state index is -3.51. The molecule has 0 saturated carbocycles. The van der Waals surface area contributed by atoms with Crippen molar-refractivity contribution in [2.45, 2.75) is 18.7 Å². The van der Waals surface area contributed by atoms with E-state index in [-0.39, 0.29) is 10.8 Å². The van der Waals surface area contributed by atoms with E-state index in [1.165, 1.54) is 4.31 Å². The lowest BCUT2D eigenvalue weighted by Gasteiger charge is -2.34. The van der Waals surface area contributed by atoms with E-state index in [9.17, 15) is 13.2 Å². The van der Waals surface area contributed by atoms with Gasteiger partial charge in [0.2, 0.25) is 15.9 Å². The van der Waals surface area contributed by atoms with Crippen LogP contribution in [0, 0.1) is 0 Å². The second kappa shape index (κ2) is 8.42. The second-order valence-corrected chi connectivity index (χ2v) is 8.44. The van der Waals surface area contributed by atoms with Crippen LogP contribution < -0.4 is 0 Å². The van der Waals surface area contributed by atoms with E-state index in [1.54, 1.807) is 29.2 Å². The van der Waals surface area contributed by atoms with Gasteiger partial charge < -0.3 is 4.90 Å². The third-order valence-corrected chi connectivity index (χ3v) is 7.17. The van der Waals surface area contributed by atoms with Gasteiger partial charge in [0.25, 0.3) is 0 Å². The van der Waals surface area contributed by atoms with E-state index in [4.69, 9.17) is 0 Å². The molecule has 0 bridgehead atoms. The van der Waals surface area contributed by atoms with Crippen molar-refractivity contribution in [1.29, 1.82) is 0 Å². The largest absolute Gasteiger partial charge is 0.342 e. The maximum atomic E-state index is 12.7. The van der Waals surface area contributed by atoms with Crippen molar-refractivity contribution < 1.29 is 13.2 Å². The summed E-state index contributed by atoms with van der Waals surface area (Å²) < 4.78 is 27.5. The summed E-state index contributed by atoms with van der Waals surface area (Å²) in [5.74, 6) is 0.0992. The topological polar surface area (TPSA) is 60.9 Å². The standard InChI is InChI=1S/C16H24BrN3O3S/c1-3-19(4-2)16(21)13-18-9-11-20(12-10-18)24(22,23)15-8-6-5-7-14(15)17/h5-8H,3-4,9-13H2,1-2H3.